The Labute approximate surface area is 187 Å². The van der Waals surface area contributed by atoms with Gasteiger partial charge in [-0.25, -0.2) is 4.99 Å². The lowest BCUT2D eigenvalue weighted by molar-refractivity contribution is -0.112. The van der Waals surface area contributed by atoms with Crippen LogP contribution in [0, 0.1) is 0 Å². The summed E-state index contributed by atoms with van der Waals surface area (Å²) >= 11 is 24.7. The molecular formula is C20H13Cl4N3O2. The van der Waals surface area contributed by atoms with Crippen LogP contribution >= 0.6 is 46.4 Å². The monoisotopic (exact) mass is 467 g/mol. The highest BCUT2D eigenvalue weighted by atomic mass is 35.5. The molecule has 0 saturated carbocycles. The minimum absolute atomic E-state index is 0.165. The summed E-state index contributed by atoms with van der Waals surface area (Å²) in [5.41, 5.74) is 0.928. The van der Waals surface area contributed by atoms with Crippen molar-refractivity contribution >= 4 is 70.5 Å². The SMILES string of the molecule is C=NC(=O)/C(=C1/C=CC(Oc2cc(Cl)ccc2Cl)=NN1C)c1c(Cl)cccc1Cl. The first-order valence-corrected chi connectivity index (χ1v) is 9.66. The molecule has 0 saturated heterocycles. The number of rotatable bonds is 3. The number of ether oxygens (including phenoxy) is 1. The summed E-state index contributed by atoms with van der Waals surface area (Å²) in [6.07, 6.45) is 3.21. The molecule has 0 atom stereocenters. The third-order valence-electron chi connectivity index (χ3n) is 3.92. The molecule has 0 aromatic heterocycles. The Kier molecular flexibility index (Phi) is 6.65. The molecule has 3 rings (SSSR count). The Morgan fingerprint density at radius 2 is 1.76 bits per heavy atom. The molecule has 2 aromatic rings. The van der Waals surface area contributed by atoms with E-state index >= 15 is 0 Å². The van der Waals surface area contributed by atoms with Gasteiger partial charge in [0, 0.05) is 29.8 Å². The number of hydrogen-bond acceptors (Lipinski definition) is 4. The first-order valence-electron chi connectivity index (χ1n) is 8.15. The van der Waals surface area contributed by atoms with Gasteiger partial charge in [-0.1, -0.05) is 52.5 Å². The number of nitrogens with zero attached hydrogens (tertiary/aromatic N) is 3. The van der Waals surface area contributed by atoms with E-state index in [4.69, 9.17) is 51.1 Å². The zero-order valence-electron chi connectivity index (χ0n) is 15.0. The van der Waals surface area contributed by atoms with Crippen molar-refractivity contribution < 1.29 is 9.53 Å². The Bertz CT molecular complexity index is 1070. The standard InChI is InChI=1S/C20H13Cl4N3O2/c1-25-20(28)19(18-13(23)4-3-5-14(18)24)15-8-9-17(26-27(15)2)29-16-10-11(21)6-7-12(16)22/h3-10H,1H2,2H3/b19-15-. The van der Waals surface area contributed by atoms with Gasteiger partial charge in [-0.15, -0.1) is 5.10 Å². The highest BCUT2D eigenvalue weighted by Gasteiger charge is 2.25. The Morgan fingerprint density at radius 3 is 2.38 bits per heavy atom. The molecule has 0 unspecified atom stereocenters. The lowest BCUT2D eigenvalue weighted by atomic mass is 10.0. The minimum Gasteiger partial charge on any atom is -0.436 e. The molecule has 0 fully saturated rings. The van der Waals surface area contributed by atoms with Crippen LogP contribution in [0.1, 0.15) is 5.56 Å². The van der Waals surface area contributed by atoms with Crippen LogP contribution in [0.4, 0.5) is 0 Å². The second kappa shape index (κ2) is 9.01. The van der Waals surface area contributed by atoms with Gasteiger partial charge in [0.1, 0.15) is 5.75 Å². The predicted molar refractivity (Wildman–Crippen MR) is 119 cm³/mol. The molecule has 2 aromatic carbocycles. The molecule has 29 heavy (non-hydrogen) atoms. The number of amides is 1. The third kappa shape index (κ3) is 4.65. The van der Waals surface area contributed by atoms with Crippen LogP contribution in [0.2, 0.25) is 20.1 Å². The van der Waals surface area contributed by atoms with E-state index in [1.165, 1.54) is 5.01 Å². The quantitative estimate of drug-likeness (QED) is 0.402. The van der Waals surface area contributed by atoms with E-state index in [1.54, 1.807) is 55.6 Å². The number of hydrogen-bond donors (Lipinski definition) is 0. The van der Waals surface area contributed by atoms with Gasteiger partial charge in [0.05, 0.1) is 26.3 Å². The fourth-order valence-electron chi connectivity index (χ4n) is 2.62. The highest BCUT2D eigenvalue weighted by Crippen LogP contribution is 2.36. The summed E-state index contributed by atoms with van der Waals surface area (Å²) < 4.78 is 5.72. The van der Waals surface area contributed by atoms with Gasteiger partial charge >= 0.3 is 0 Å². The molecule has 148 valence electrons. The average molecular weight is 469 g/mol. The van der Waals surface area contributed by atoms with Crippen molar-refractivity contribution in [3.63, 3.8) is 0 Å². The van der Waals surface area contributed by atoms with Gasteiger partial charge in [-0.05, 0) is 37.1 Å². The van der Waals surface area contributed by atoms with E-state index in [9.17, 15) is 4.79 Å². The van der Waals surface area contributed by atoms with Crippen LogP contribution in [0.15, 0.2) is 64.3 Å². The predicted octanol–water partition coefficient (Wildman–Crippen LogP) is 6.13. The minimum atomic E-state index is -0.594. The molecule has 1 heterocycles. The highest BCUT2D eigenvalue weighted by molar-refractivity contribution is 6.41. The summed E-state index contributed by atoms with van der Waals surface area (Å²) in [6, 6.07) is 9.78. The smallest absolute Gasteiger partial charge is 0.279 e. The van der Waals surface area contributed by atoms with Crippen LogP contribution in [0.3, 0.4) is 0 Å². The number of carbonyl (C=O) groups excluding carboxylic acids is 1. The molecule has 1 amide bonds. The second-order valence-corrected chi connectivity index (χ2v) is 7.45. The molecular weight excluding hydrogens is 456 g/mol. The summed E-state index contributed by atoms with van der Waals surface area (Å²) in [7, 11) is 1.64. The van der Waals surface area contributed by atoms with Crippen LogP contribution in [-0.4, -0.2) is 30.6 Å². The summed E-state index contributed by atoms with van der Waals surface area (Å²) in [5.74, 6) is -0.00501. The Hall–Kier alpha value is -2.31. The molecule has 0 N–H and O–H groups in total. The second-order valence-electron chi connectivity index (χ2n) is 5.79. The molecule has 0 spiro atoms. The fourth-order valence-corrected chi connectivity index (χ4v) is 3.53. The number of likely N-dealkylation sites (N-methyl/N-ethyl adjacent to an activating group) is 1. The zero-order valence-corrected chi connectivity index (χ0v) is 18.0. The Morgan fingerprint density at radius 1 is 1.07 bits per heavy atom. The molecule has 0 aliphatic carbocycles. The number of allylic oxidation sites excluding steroid dienone is 1. The van der Waals surface area contributed by atoms with Crippen LogP contribution in [0.25, 0.3) is 5.57 Å². The maximum absolute atomic E-state index is 12.5. The Balaban J connectivity index is 2.03. The van der Waals surface area contributed by atoms with Crippen LogP contribution in [0.5, 0.6) is 5.75 Å². The topological polar surface area (TPSA) is 54.3 Å². The van der Waals surface area contributed by atoms with Gasteiger partial charge < -0.3 is 4.74 Å². The van der Waals surface area contributed by atoms with Crippen LogP contribution < -0.4 is 4.74 Å². The molecule has 9 heteroatoms. The number of benzene rings is 2. The van der Waals surface area contributed by atoms with Gasteiger partial charge in [-0.2, -0.15) is 0 Å². The average Bonchev–Trinajstić information content (AvgIpc) is 2.68. The van der Waals surface area contributed by atoms with E-state index in [-0.39, 0.29) is 11.5 Å². The largest absolute Gasteiger partial charge is 0.436 e. The first kappa shape index (κ1) is 21.4. The van der Waals surface area contributed by atoms with Crippen molar-refractivity contribution in [3.05, 3.63) is 79.9 Å². The van der Waals surface area contributed by atoms with E-state index in [0.29, 0.717) is 37.1 Å². The van der Waals surface area contributed by atoms with Crippen LogP contribution in [-0.2, 0) is 4.79 Å². The van der Waals surface area contributed by atoms with Crippen molar-refractivity contribution in [2.24, 2.45) is 10.1 Å². The van der Waals surface area contributed by atoms with E-state index in [0.717, 1.165) is 0 Å². The van der Waals surface area contributed by atoms with E-state index in [2.05, 4.69) is 16.8 Å². The summed E-state index contributed by atoms with van der Waals surface area (Å²) in [6.45, 7) is 3.32. The number of aliphatic imine (C=N–C) groups is 1. The first-order chi connectivity index (χ1) is 13.8. The van der Waals surface area contributed by atoms with Crippen molar-refractivity contribution in [1.29, 1.82) is 0 Å². The zero-order chi connectivity index (χ0) is 21.1. The van der Waals surface area contributed by atoms with Gasteiger partial charge in [0.15, 0.2) is 0 Å². The lowest BCUT2D eigenvalue weighted by Gasteiger charge is -2.23. The van der Waals surface area contributed by atoms with Crippen molar-refractivity contribution in [3.8, 4) is 5.75 Å². The van der Waals surface area contributed by atoms with Crippen molar-refractivity contribution in [2.75, 3.05) is 7.05 Å². The van der Waals surface area contributed by atoms with Crippen molar-refractivity contribution in [1.82, 2.24) is 5.01 Å². The van der Waals surface area contributed by atoms with Gasteiger partial charge in [0.2, 0.25) is 5.90 Å². The molecule has 5 nitrogen and oxygen atoms in total. The molecule has 1 aliphatic rings. The summed E-state index contributed by atoms with van der Waals surface area (Å²) in [4.78, 5) is 16.1. The molecule has 1 aliphatic heterocycles. The van der Waals surface area contributed by atoms with Gasteiger partial charge in [0.25, 0.3) is 5.91 Å². The maximum atomic E-state index is 12.5. The molecule has 0 radical (unpaired) electrons. The third-order valence-corrected chi connectivity index (χ3v) is 5.09. The van der Waals surface area contributed by atoms with Crippen molar-refractivity contribution in [2.45, 2.75) is 0 Å². The fraction of sp³-hybridized carbons (Fsp3) is 0.0500. The van der Waals surface area contributed by atoms with E-state index in [1.807, 2.05) is 0 Å². The van der Waals surface area contributed by atoms with Gasteiger partial charge in [-0.3, -0.25) is 9.80 Å². The summed E-state index contributed by atoms with van der Waals surface area (Å²) in [5, 5.41) is 7.23. The number of halogens is 4. The molecule has 0 bridgehead atoms. The van der Waals surface area contributed by atoms with E-state index < -0.39 is 5.91 Å². The lowest BCUT2D eigenvalue weighted by Crippen LogP contribution is -2.22. The maximum Gasteiger partial charge on any atom is 0.279 e. The normalized spacial score (nSPS) is 15.1. The number of carbonyl (C=O) groups is 1. The number of hydrazone groups is 1.